The van der Waals surface area contributed by atoms with Crippen LogP contribution in [0.3, 0.4) is 0 Å². The van der Waals surface area contributed by atoms with Crippen molar-refractivity contribution in [1.29, 1.82) is 0 Å². The molecule has 1 aromatic heterocycles. The van der Waals surface area contributed by atoms with E-state index in [2.05, 4.69) is 131 Å². The van der Waals surface area contributed by atoms with Gasteiger partial charge in [0, 0.05) is 33.5 Å². The first kappa shape index (κ1) is 26.1. The van der Waals surface area contributed by atoms with Crippen molar-refractivity contribution in [3.63, 3.8) is 0 Å². The van der Waals surface area contributed by atoms with Gasteiger partial charge in [0.2, 0.25) is 0 Å². The molecule has 0 radical (unpaired) electrons. The first-order valence-corrected chi connectivity index (χ1v) is 15.3. The van der Waals surface area contributed by atoms with E-state index >= 15 is 0 Å². The van der Waals surface area contributed by atoms with Crippen molar-refractivity contribution >= 4 is 61.8 Å². The maximum absolute atomic E-state index is 14.5. The fourth-order valence-electron chi connectivity index (χ4n) is 7.27. The van der Waals surface area contributed by atoms with Gasteiger partial charge in [0.15, 0.2) is 0 Å². The van der Waals surface area contributed by atoms with Gasteiger partial charge < -0.3 is 4.90 Å². The van der Waals surface area contributed by atoms with Gasteiger partial charge in [-0.25, -0.2) is 0 Å². The summed E-state index contributed by atoms with van der Waals surface area (Å²) >= 11 is 0. The molecule has 0 bridgehead atoms. The predicted octanol–water partition coefficient (Wildman–Crippen LogP) is 7.35. The quantitative estimate of drug-likeness (QED) is 0.156. The molecule has 0 atom stereocenters. The predicted molar refractivity (Wildman–Crippen MR) is 184 cm³/mol. The molecule has 5 aromatic carbocycles. The Morgan fingerprint density at radius 1 is 0.558 bits per heavy atom. The summed E-state index contributed by atoms with van der Waals surface area (Å²) in [5, 5.41) is 2.88. The van der Waals surface area contributed by atoms with Gasteiger partial charge in [-0.3, -0.25) is 9.36 Å². The molecule has 0 amide bonds. The van der Waals surface area contributed by atoms with Crippen molar-refractivity contribution in [2.45, 2.75) is 52.4 Å². The Morgan fingerprint density at radius 3 is 1.77 bits per heavy atom. The summed E-state index contributed by atoms with van der Waals surface area (Å²) in [6.07, 6.45) is 0. The molecule has 0 spiro atoms. The van der Waals surface area contributed by atoms with E-state index in [0.29, 0.717) is 0 Å². The van der Waals surface area contributed by atoms with Crippen LogP contribution in [-0.2, 0) is 10.8 Å². The van der Waals surface area contributed by atoms with Crippen molar-refractivity contribution in [2.75, 3.05) is 4.90 Å². The van der Waals surface area contributed by atoms with Crippen LogP contribution in [0.1, 0.15) is 52.7 Å². The Morgan fingerprint density at radius 2 is 1.12 bits per heavy atom. The highest BCUT2D eigenvalue weighted by molar-refractivity contribution is 7.00. The zero-order chi connectivity index (χ0) is 29.8. The van der Waals surface area contributed by atoms with Crippen molar-refractivity contribution in [3.8, 4) is 5.69 Å². The van der Waals surface area contributed by atoms with Gasteiger partial charge in [-0.2, -0.15) is 0 Å². The monoisotopic (exact) mass is 558 g/mol. The minimum atomic E-state index is -0.0285. The van der Waals surface area contributed by atoms with Crippen LogP contribution in [0.25, 0.3) is 27.4 Å². The first-order chi connectivity index (χ1) is 20.5. The number of fused-ring (bicyclic) bond motifs is 7. The van der Waals surface area contributed by atoms with Crippen LogP contribution >= 0.6 is 0 Å². The summed E-state index contributed by atoms with van der Waals surface area (Å²) in [4.78, 5) is 16.9. The van der Waals surface area contributed by atoms with Crippen molar-refractivity contribution in [1.82, 2.24) is 4.57 Å². The van der Waals surface area contributed by atoms with E-state index in [1.807, 2.05) is 22.8 Å². The number of hydrogen-bond acceptors (Lipinski definition) is 2. The van der Waals surface area contributed by atoms with Gasteiger partial charge >= 0.3 is 0 Å². The van der Waals surface area contributed by atoms with E-state index in [4.69, 9.17) is 0 Å². The smallest absolute Gasteiger partial charge is 0.263 e. The van der Waals surface area contributed by atoms with Gasteiger partial charge in [0.25, 0.3) is 12.3 Å². The Hall–Kier alpha value is -4.57. The third-order valence-corrected chi connectivity index (χ3v) is 9.50. The Bertz CT molecular complexity index is 2180. The lowest BCUT2D eigenvalue weighted by molar-refractivity contribution is 0.590. The van der Waals surface area contributed by atoms with Crippen LogP contribution in [0.15, 0.2) is 108 Å². The molecule has 0 saturated heterocycles. The molecule has 0 aliphatic carbocycles. The molecule has 0 unspecified atom stereocenters. The highest BCUT2D eigenvalue weighted by atomic mass is 16.1. The molecule has 6 aromatic rings. The van der Waals surface area contributed by atoms with Crippen molar-refractivity contribution in [3.05, 3.63) is 125 Å². The fraction of sp³-hybridized carbons (Fsp3) is 0.205. The summed E-state index contributed by atoms with van der Waals surface area (Å²) in [6.45, 7) is 13.6. The van der Waals surface area contributed by atoms with Gasteiger partial charge in [-0.15, -0.1) is 0 Å². The Balaban J connectivity index is 1.60. The lowest BCUT2D eigenvalue weighted by atomic mass is 9.33. The summed E-state index contributed by atoms with van der Waals surface area (Å²) in [5.41, 5.74) is 11.7. The molecule has 3 nitrogen and oxygen atoms in total. The van der Waals surface area contributed by atoms with E-state index in [0.717, 1.165) is 38.7 Å². The number of para-hydroxylation sites is 1. The van der Waals surface area contributed by atoms with Crippen LogP contribution in [0.5, 0.6) is 0 Å². The molecule has 3 heterocycles. The standard InChI is InChI=1S/C39H35BN2O/c1-38(2,3)24-16-19-32-30(22-24)40-31-23-25(39(4,5)6)17-20-33(31)42-36-28(27-14-10-11-15-29(27)37(42)43)18-21-34(35(36)40)41(32)26-12-8-7-9-13-26/h7-23H,1-6H3. The number of aromatic nitrogens is 1. The number of hydrogen-bond donors (Lipinski definition) is 0. The molecule has 8 rings (SSSR count). The van der Waals surface area contributed by atoms with Gasteiger partial charge in [0.05, 0.1) is 5.52 Å². The maximum Gasteiger partial charge on any atom is 0.263 e. The van der Waals surface area contributed by atoms with Crippen LogP contribution in [0.4, 0.5) is 17.1 Å². The number of anilines is 3. The number of benzene rings is 5. The Kier molecular flexibility index (Phi) is 5.30. The zero-order valence-corrected chi connectivity index (χ0v) is 25.7. The van der Waals surface area contributed by atoms with Gasteiger partial charge in [0.1, 0.15) is 0 Å². The van der Waals surface area contributed by atoms with Crippen molar-refractivity contribution in [2.24, 2.45) is 0 Å². The zero-order valence-electron chi connectivity index (χ0n) is 25.7. The third-order valence-electron chi connectivity index (χ3n) is 9.50. The average molecular weight is 559 g/mol. The number of nitrogens with zero attached hydrogens (tertiary/aromatic N) is 2. The van der Waals surface area contributed by atoms with Crippen LogP contribution in [0.2, 0.25) is 0 Å². The maximum atomic E-state index is 14.5. The Labute approximate surface area is 253 Å². The van der Waals surface area contributed by atoms with Crippen LogP contribution in [0, 0.1) is 0 Å². The summed E-state index contributed by atoms with van der Waals surface area (Å²) in [6, 6.07) is 37.0. The third kappa shape index (κ3) is 3.65. The lowest BCUT2D eigenvalue weighted by Crippen LogP contribution is -2.61. The molecule has 43 heavy (non-hydrogen) atoms. The molecule has 2 aliphatic heterocycles. The largest absolute Gasteiger partial charge is 0.311 e. The normalized spacial score (nSPS) is 13.8. The summed E-state index contributed by atoms with van der Waals surface area (Å²) in [7, 11) is 0. The van der Waals surface area contributed by atoms with Crippen LogP contribution in [-0.4, -0.2) is 11.3 Å². The van der Waals surface area contributed by atoms with E-state index in [-0.39, 0.29) is 23.1 Å². The minimum Gasteiger partial charge on any atom is -0.311 e. The van der Waals surface area contributed by atoms with Crippen LogP contribution < -0.4 is 26.8 Å². The fourth-order valence-corrected chi connectivity index (χ4v) is 7.27. The van der Waals surface area contributed by atoms with E-state index in [1.165, 1.54) is 33.2 Å². The molecule has 210 valence electrons. The summed E-state index contributed by atoms with van der Waals surface area (Å²) < 4.78 is 2.01. The topological polar surface area (TPSA) is 25.2 Å². The van der Waals surface area contributed by atoms with Gasteiger partial charge in [-0.1, -0.05) is 108 Å². The van der Waals surface area contributed by atoms with Gasteiger partial charge in [-0.05, 0) is 80.1 Å². The average Bonchev–Trinajstić information content (AvgIpc) is 2.99. The number of rotatable bonds is 1. The van der Waals surface area contributed by atoms with Crippen molar-refractivity contribution < 1.29 is 0 Å². The molecular weight excluding hydrogens is 523 g/mol. The molecule has 0 fully saturated rings. The van der Waals surface area contributed by atoms with E-state index in [9.17, 15) is 4.79 Å². The highest BCUT2D eigenvalue weighted by Gasteiger charge is 2.42. The van der Waals surface area contributed by atoms with E-state index in [1.54, 1.807) is 0 Å². The lowest BCUT2D eigenvalue weighted by Gasteiger charge is -2.41. The molecule has 0 saturated carbocycles. The molecular formula is C39H35BN2O. The second kappa shape index (κ2) is 8.73. The molecule has 2 aliphatic rings. The second-order valence-corrected chi connectivity index (χ2v) is 14.2. The minimum absolute atomic E-state index is 0.00526. The number of pyridine rings is 1. The first-order valence-electron chi connectivity index (χ1n) is 15.3. The SMILES string of the molecule is CC(C)(C)c1ccc2c(c1)B1c3cc(C(C)(C)C)ccc3-n3c(=O)c4ccccc4c4ccc(c1c43)N2c1ccccc1. The second-order valence-electron chi connectivity index (χ2n) is 14.2. The summed E-state index contributed by atoms with van der Waals surface area (Å²) in [5.74, 6) is 0. The van der Waals surface area contributed by atoms with E-state index < -0.39 is 0 Å². The highest BCUT2D eigenvalue weighted by Crippen LogP contribution is 2.41. The molecule has 4 heteroatoms. The molecule has 0 N–H and O–H groups in total.